The molecule has 12 heavy (non-hydrogen) atoms. The average Bonchev–Trinajstić information content (AvgIpc) is 2.57. The Kier molecular flexibility index (Phi) is 1.97. The van der Waals surface area contributed by atoms with Crippen molar-refractivity contribution < 1.29 is 0 Å². The molecule has 0 amide bonds. The number of rotatable bonds is 2. The van der Waals surface area contributed by atoms with Gasteiger partial charge in [-0.15, -0.1) is 0 Å². The monoisotopic (exact) mass is 166 g/mol. The van der Waals surface area contributed by atoms with Crippen molar-refractivity contribution in [1.29, 1.82) is 0 Å². The lowest BCUT2D eigenvalue weighted by molar-refractivity contribution is 0.369. The molecule has 2 aliphatic carbocycles. The van der Waals surface area contributed by atoms with Crippen molar-refractivity contribution in [3.05, 3.63) is 0 Å². The van der Waals surface area contributed by atoms with Crippen LogP contribution in [0.25, 0.3) is 0 Å². The smallest absolute Gasteiger partial charge is 0.0261 e. The summed E-state index contributed by atoms with van der Waals surface area (Å²) >= 11 is 0. The molecular weight excluding hydrogens is 144 g/mol. The van der Waals surface area contributed by atoms with Crippen LogP contribution in [0.4, 0.5) is 0 Å². The summed E-state index contributed by atoms with van der Waals surface area (Å²) in [6.45, 7) is 7.28. The van der Waals surface area contributed by atoms with Gasteiger partial charge in [-0.3, -0.25) is 0 Å². The molecule has 0 heteroatoms. The van der Waals surface area contributed by atoms with E-state index in [-0.39, 0.29) is 0 Å². The topological polar surface area (TPSA) is 0 Å². The molecule has 2 aliphatic rings. The van der Waals surface area contributed by atoms with Gasteiger partial charge in [-0.1, -0.05) is 33.6 Å². The van der Waals surface area contributed by atoms with E-state index in [1.54, 1.807) is 0 Å². The van der Waals surface area contributed by atoms with Crippen LogP contribution in [0, 0.1) is 23.2 Å². The first-order chi connectivity index (χ1) is 5.64. The van der Waals surface area contributed by atoms with Gasteiger partial charge in [0.25, 0.3) is 0 Å². The number of hydrogen-bond acceptors (Lipinski definition) is 0. The lowest BCUT2D eigenvalue weighted by atomic mass is 9.92. The van der Waals surface area contributed by atoms with E-state index in [9.17, 15) is 0 Å². The predicted octanol–water partition coefficient (Wildman–Crippen LogP) is 3.86. The van der Waals surface area contributed by atoms with Gasteiger partial charge in [-0.05, 0) is 42.4 Å². The van der Waals surface area contributed by atoms with E-state index >= 15 is 0 Å². The Morgan fingerprint density at radius 3 is 2.08 bits per heavy atom. The van der Waals surface area contributed by atoms with Gasteiger partial charge in [0.2, 0.25) is 0 Å². The second-order valence-electron chi connectivity index (χ2n) is 5.60. The van der Waals surface area contributed by atoms with Gasteiger partial charge in [0, 0.05) is 0 Å². The molecule has 70 valence electrons. The average molecular weight is 166 g/mol. The fraction of sp³-hybridized carbons (Fsp3) is 1.00. The summed E-state index contributed by atoms with van der Waals surface area (Å²) in [6.07, 6.45) is 7.56. The van der Waals surface area contributed by atoms with Crippen LogP contribution in [0.2, 0.25) is 0 Å². The Bertz CT molecular complexity index is 157. The molecule has 2 saturated carbocycles. The lowest BCUT2D eigenvalue weighted by Crippen LogP contribution is -2.03. The molecule has 0 aromatic rings. The zero-order chi connectivity index (χ0) is 8.77. The maximum atomic E-state index is 2.54. The Balaban J connectivity index is 1.96. The molecule has 0 saturated heterocycles. The maximum absolute atomic E-state index is 2.54. The molecule has 2 unspecified atom stereocenters. The van der Waals surface area contributed by atoms with Gasteiger partial charge < -0.3 is 0 Å². The summed E-state index contributed by atoms with van der Waals surface area (Å²) in [5, 5.41) is 0. The van der Waals surface area contributed by atoms with Gasteiger partial charge >= 0.3 is 0 Å². The van der Waals surface area contributed by atoms with Crippen LogP contribution < -0.4 is 0 Å². The van der Waals surface area contributed by atoms with Crippen LogP contribution >= 0.6 is 0 Å². The quantitative estimate of drug-likeness (QED) is 0.584. The van der Waals surface area contributed by atoms with Crippen molar-refractivity contribution in [2.45, 2.75) is 52.9 Å². The van der Waals surface area contributed by atoms with Crippen molar-refractivity contribution in [3.63, 3.8) is 0 Å². The molecule has 2 fully saturated rings. The molecule has 0 spiro atoms. The molecular formula is C12H22. The van der Waals surface area contributed by atoms with Crippen LogP contribution in [0.3, 0.4) is 0 Å². The predicted molar refractivity (Wildman–Crippen MR) is 53.0 cm³/mol. The maximum Gasteiger partial charge on any atom is -0.0261 e. The fourth-order valence-corrected chi connectivity index (χ4v) is 3.74. The third-order valence-corrected chi connectivity index (χ3v) is 4.20. The van der Waals surface area contributed by atoms with Gasteiger partial charge in [0.15, 0.2) is 0 Å². The first-order valence-electron chi connectivity index (χ1n) is 5.64. The van der Waals surface area contributed by atoms with E-state index in [0.29, 0.717) is 0 Å². The minimum atomic E-state index is 0.769. The highest BCUT2D eigenvalue weighted by atomic mass is 14.6. The highest BCUT2D eigenvalue weighted by Gasteiger charge is 2.60. The molecule has 0 heterocycles. The minimum absolute atomic E-state index is 0.769. The SMILES string of the molecule is CC(C)CC1(C)C2CCCCC21. The van der Waals surface area contributed by atoms with Gasteiger partial charge in [-0.25, -0.2) is 0 Å². The van der Waals surface area contributed by atoms with E-state index in [4.69, 9.17) is 0 Å². The van der Waals surface area contributed by atoms with Crippen LogP contribution in [0.1, 0.15) is 52.9 Å². The highest BCUT2D eigenvalue weighted by molar-refractivity contribution is 5.08. The number of hydrogen-bond donors (Lipinski definition) is 0. The highest BCUT2D eigenvalue weighted by Crippen LogP contribution is 2.67. The minimum Gasteiger partial charge on any atom is -0.0628 e. The second-order valence-corrected chi connectivity index (χ2v) is 5.60. The molecule has 0 bridgehead atoms. The zero-order valence-electron chi connectivity index (χ0n) is 8.77. The van der Waals surface area contributed by atoms with Crippen molar-refractivity contribution in [1.82, 2.24) is 0 Å². The first kappa shape index (κ1) is 8.59. The van der Waals surface area contributed by atoms with Gasteiger partial charge in [0.1, 0.15) is 0 Å². The normalized spacial score (nSPS) is 46.0. The molecule has 2 atom stereocenters. The molecule has 0 aromatic heterocycles. The molecule has 2 rings (SSSR count). The lowest BCUT2D eigenvalue weighted by Gasteiger charge is -2.13. The Morgan fingerprint density at radius 2 is 1.67 bits per heavy atom. The molecule has 0 aliphatic heterocycles. The first-order valence-corrected chi connectivity index (χ1v) is 5.64. The van der Waals surface area contributed by atoms with E-state index in [1.165, 1.54) is 32.1 Å². The third kappa shape index (κ3) is 1.20. The third-order valence-electron chi connectivity index (χ3n) is 4.20. The van der Waals surface area contributed by atoms with E-state index < -0.39 is 0 Å². The van der Waals surface area contributed by atoms with Crippen molar-refractivity contribution in [3.8, 4) is 0 Å². The molecule has 0 aromatic carbocycles. The number of fused-ring (bicyclic) bond motifs is 1. The summed E-state index contributed by atoms with van der Waals surface area (Å²) in [5.41, 5.74) is 0.769. The summed E-state index contributed by atoms with van der Waals surface area (Å²) < 4.78 is 0. The van der Waals surface area contributed by atoms with E-state index in [0.717, 1.165) is 23.2 Å². The molecule has 0 N–H and O–H groups in total. The Morgan fingerprint density at radius 1 is 1.17 bits per heavy atom. The summed E-state index contributed by atoms with van der Waals surface area (Å²) in [6, 6.07) is 0. The Labute approximate surface area is 76.7 Å². The van der Waals surface area contributed by atoms with Crippen molar-refractivity contribution >= 4 is 0 Å². The van der Waals surface area contributed by atoms with Crippen molar-refractivity contribution in [2.24, 2.45) is 23.2 Å². The molecule has 0 radical (unpaired) electrons. The second kappa shape index (κ2) is 2.75. The van der Waals surface area contributed by atoms with E-state index in [1.807, 2.05) is 0 Å². The fourth-order valence-electron chi connectivity index (χ4n) is 3.74. The van der Waals surface area contributed by atoms with Crippen LogP contribution in [-0.4, -0.2) is 0 Å². The zero-order valence-corrected chi connectivity index (χ0v) is 8.77. The van der Waals surface area contributed by atoms with Gasteiger partial charge in [0.05, 0.1) is 0 Å². The molecule has 0 nitrogen and oxygen atoms in total. The standard InChI is InChI=1S/C12H22/c1-9(2)8-12(3)10-6-4-5-7-11(10)12/h9-11H,4-8H2,1-3H3. The summed E-state index contributed by atoms with van der Waals surface area (Å²) in [7, 11) is 0. The van der Waals surface area contributed by atoms with Crippen molar-refractivity contribution in [2.75, 3.05) is 0 Å². The van der Waals surface area contributed by atoms with Crippen LogP contribution in [0.5, 0.6) is 0 Å². The largest absolute Gasteiger partial charge is 0.0628 e. The van der Waals surface area contributed by atoms with E-state index in [2.05, 4.69) is 20.8 Å². The Hall–Kier alpha value is 0. The van der Waals surface area contributed by atoms with Crippen LogP contribution in [-0.2, 0) is 0 Å². The van der Waals surface area contributed by atoms with Gasteiger partial charge in [-0.2, -0.15) is 0 Å². The summed E-state index contributed by atoms with van der Waals surface area (Å²) in [4.78, 5) is 0. The van der Waals surface area contributed by atoms with Crippen LogP contribution in [0.15, 0.2) is 0 Å². The summed E-state index contributed by atoms with van der Waals surface area (Å²) in [5.74, 6) is 3.14.